The van der Waals surface area contributed by atoms with E-state index in [0.717, 1.165) is 5.57 Å². The lowest BCUT2D eigenvalue weighted by atomic mass is 9.65. The normalized spacial score (nSPS) is 46.4. The number of aliphatic hydroxyl groups excluding tert-OH is 4. The van der Waals surface area contributed by atoms with E-state index in [1.54, 1.807) is 0 Å². The molecule has 1 aliphatic carbocycles. The van der Waals surface area contributed by atoms with E-state index in [4.69, 9.17) is 14.2 Å². The van der Waals surface area contributed by atoms with Crippen LogP contribution in [0.1, 0.15) is 33.6 Å². The average molecular weight is 358 g/mol. The second-order valence-corrected chi connectivity index (χ2v) is 7.96. The van der Waals surface area contributed by atoms with E-state index in [2.05, 4.69) is 0 Å². The molecule has 0 aromatic carbocycles. The predicted octanol–water partition coefficient (Wildman–Crippen LogP) is -0.767. The highest BCUT2D eigenvalue weighted by Gasteiger charge is 2.53. The molecule has 142 valence electrons. The Morgan fingerprint density at radius 2 is 1.84 bits per heavy atom. The number of esters is 1. The van der Waals surface area contributed by atoms with Gasteiger partial charge in [-0.15, -0.1) is 0 Å². The van der Waals surface area contributed by atoms with Crippen molar-refractivity contribution in [2.24, 2.45) is 5.41 Å². The molecular weight excluding hydrogens is 332 g/mol. The number of carbonyl (C=O) groups excluding carboxylic acids is 1. The summed E-state index contributed by atoms with van der Waals surface area (Å²) < 4.78 is 16.7. The highest BCUT2D eigenvalue weighted by Crippen LogP contribution is 2.51. The first-order chi connectivity index (χ1) is 11.6. The van der Waals surface area contributed by atoms with Gasteiger partial charge in [0.15, 0.2) is 6.29 Å². The van der Waals surface area contributed by atoms with E-state index >= 15 is 0 Å². The van der Waals surface area contributed by atoms with Gasteiger partial charge in [-0.1, -0.05) is 13.8 Å². The number of ether oxygens (including phenoxy) is 3. The Kier molecular flexibility index (Phi) is 4.72. The van der Waals surface area contributed by atoms with Crippen LogP contribution in [0.5, 0.6) is 0 Å². The number of aliphatic hydroxyl groups is 4. The summed E-state index contributed by atoms with van der Waals surface area (Å²) >= 11 is 0. The van der Waals surface area contributed by atoms with Crippen molar-refractivity contribution in [3.05, 3.63) is 11.6 Å². The highest BCUT2D eigenvalue weighted by atomic mass is 16.7. The van der Waals surface area contributed by atoms with Gasteiger partial charge in [-0.25, -0.2) is 4.79 Å². The maximum Gasteiger partial charge on any atom is 0.331 e. The molecule has 1 saturated heterocycles. The summed E-state index contributed by atoms with van der Waals surface area (Å²) in [5.74, 6) is -0.376. The lowest BCUT2D eigenvalue weighted by Crippen LogP contribution is -2.60. The quantitative estimate of drug-likeness (QED) is 0.485. The molecule has 2 aliphatic heterocycles. The monoisotopic (exact) mass is 358 g/mol. The zero-order chi connectivity index (χ0) is 18.6. The van der Waals surface area contributed by atoms with Crippen LogP contribution in [-0.2, 0) is 19.0 Å². The molecule has 25 heavy (non-hydrogen) atoms. The summed E-state index contributed by atoms with van der Waals surface area (Å²) in [5, 5.41) is 39.1. The van der Waals surface area contributed by atoms with Gasteiger partial charge in [-0.05, 0) is 24.3 Å². The first-order valence-corrected chi connectivity index (χ1v) is 8.49. The third-order valence-electron chi connectivity index (χ3n) is 5.42. The zero-order valence-corrected chi connectivity index (χ0v) is 14.6. The number of hydrogen-bond acceptors (Lipinski definition) is 8. The largest absolute Gasteiger partial charge is 0.452 e. The first kappa shape index (κ1) is 18.8. The molecule has 7 atom stereocenters. The van der Waals surface area contributed by atoms with Crippen LogP contribution in [0.15, 0.2) is 11.6 Å². The minimum atomic E-state index is -1.48. The van der Waals surface area contributed by atoms with E-state index in [1.807, 2.05) is 20.8 Å². The molecule has 0 radical (unpaired) electrons. The molecule has 8 nitrogen and oxygen atoms in total. The molecule has 1 saturated carbocycles. The van der Waals surface area contributed by atoms with Gasteiger partial charge in [0, 0.05) is 12.5 Å². The predicted molar refractivity (Wildman–Crippen MR) is 84.2 cm³/mol. The van der Waals surface area contributed by atoms with Gasteiger partial charge in [0.1, 0.15) is 30.0 Å². The molecule has 0 amide bonds. The fraction of sp³-hybridized carbons (Fsp3) is 0.824. The Morgan fingerprint density at radius 3 is 2.48 bits per heavy atom. The van der Waals surface area contributed by atoms with Crippen molar-refractivity contribution in [1.82, 2.24) is 0 Å². The highest BCUT2D eigenvalue weighted by molar-refractivity contribution is 5.87. The molecule has 0 aromatic heterocycles. The summed E-state index contributed by atoms with van der Waals surface area (Å²) in [4.78, 5) is 11.7. The van der Waals surface area contributed by atoms with Gasteiger partial charge in [0.25, 0.3) is 0 Å². The Hall–Kier alpha value is -1.03. The fourth-order valence-corrected chi connectivity index (χ4v) is 4.29. The first-order valence-electron chi connectivity index (χ1n) is 8.49. The Labute approximate surface area is 146 Å². The van der Waals surface area contributed by atoms with Gasteiger partial charge in [-0.3, -0.25) is 0 Å². The minimum Gasteiger partial charge on any atom is -0.452 e. The molecule has 2 fully saturated rings. The molecule has 0 aromatic rings. The number of hydrogen-bond donors (Lipinski definition) is 4. The molecule has 8 heteroatoms. The van der Waals surface area contributed by atoms with Crippen molar-refractivity contribution in [3.63, 3.8) is 0 Å². The van der Waals surface area contributed by atoms with Crippen LogP contribution >= 0.6 is 0 Å². The second kappa shape index (κ2) is 6.29. The molecular formula is C17H26O8. The van der Waals surface area contributed by atoms with Crippen molar-refractivity contribution in [3.8, 4) is 0 Å². The van der Waals surface area contributed by atoms with Crippen LogP contribution in [0.2, 0.25) is 0 Å². The topological polar surface area (TPSA) is 126 Å². The van der Waals surface area contributed by atoms with Crippen molar-refractivity contribution >= 4 is 5.97 Å². The van der Waals surface area contributed by atoms with Crippen LogP contribution in [0.4, 0.5) is 0 Å². The van der Waals surface area contributed by atoms with Crippen LogP contribution in [0.3, 0.4) is 0 Å². The van der Waals surface area contributed by atoms with E-state index in [0.29, 0.717) is 12.8 Å². The van der Waals surface area contributed by atoms with Gasteiger partial charge in [0.05, 0.1) is 12.7 Å². The molecule has 2 heterocycles. The molecule has 0 unspecified atom stereocenters. The smallest absolute Gasteiger partial charge is 0.331 e. The summed E-state index contributed by atoms with van der Waals surface area (Å²) in [6.45, 7) is 5.29. The van der Waals surface area contributed by atoms with Crippen LogP contribution in [0.25, 0.3) is 0 Å². The van der Waals surface area contributed by atoms with Gasteiger partial charge < -0.3 is 34.6 Å². The lowest BCUT2D eigenvalue weighted by molar-refractivity contribution is -0.316. The Morgan fingerprint density at radius 1 is 1.16 bits per heavy atom. The van der Waals surface area contributed by atoms with Gasteiger partial charge in [0.2, 0.25) is 0 Å². The maximum absolute atomic E-state index is 11.7. The third-order valence-corrected chi connectivity index (χ3v) is 5.42. The second-order valence-electron chi connectivity index (χ2n) is 7.96. The minimum absolute atomic E-state index is 0.349. The molecule has 0 bridgehead atoms. The molecule has 4 N–H and O–H groups in total. The van der Waals surface area contributed by atoms with Crippen molar-refractivity contribution in [2.45, 2.75) is 76.0 Å². The summed E-state index contributed by atoms with van der Waals surface area (Å²) in [6, 6.07) is 0. The number of rotatable bonds is 3. The van der Waals surface area contributed by atoms with Crippen LogP contribution < -0.4 is 0 Å². The average Bonchev–Trinajstić information content (AvgIpc) is 2.82. The van der Waals surface area contributed by atoms with E-state index in [-0.39, 0.29) is 11.4 Å². The fourth-order valence-electron chi connectivity index (χ4n) is 4.29. The molecule has 3 rings (SSSR count). The summed E-state index contributed by atoms with van der Waals surface area (Å²) in [5.41, 5.74) is -0.214. The SMILES string of the molecule is CC1(C)C[C@H](O[C@H]2O[C@H](CO)[C@@H](O)[C@H](O)[C@H]2O)C[C@@]2(C)OC(=O)C=C12. The maximum atomic E-state index is 11.7. The lowest BCUT2D eigenvalue weighted by Gasteiger charge is -2.47. The number of fused-ring (bicyclic) bond motifs is 1. The Bertz CT molecular complexity index is 571. The van der Waals surface area contributed by atoms with Crippen molar-refractivity contribution < 1.29 is 39.4 Å². The standard InChI is InChI=1S/C17H26O8/c1-16(2)5-8(6-17(3)10(16)4-11(19)25-17)23-15-14(22)13(21)12(20)9(7-18)24-15/h4,8-9,12-15,18,20-22H,5-7H2,1-3H3/t8-,9+,12+,13-,14+,15-,17+/m0/s1. The van der Waals surface area contributed by atoms with Crippen LogP contribution in [0, 0.1) is 5.41 Å². The van der Waals surface area contributed by atoms with Gasteiger partial charge >= 0.3 is 5.97 Å². The van der Waals surface area contributed by atoms with Crippen molar-refractivity contribution in [2.75, 3.05) is 6.61 Å². The van der Waals surface area contributed by atoms with Crippen LogP contribution in [-0.4, -0.2) is 75.4 Å². The number of carbonyl (C=O) groups is 1. The summed E-state index contributed by atoms with van der Waals surface area (Å²) in [7, 11) is 0. The van der Waals surface area contributed by atoms with E-state index in [9.17, 15) is 25.2 Å². The molecule has 3 aliphatic rings. The third kappa shape index (κ3) is 3.22. The van der Waals surface area contributed by atoms with Crippen molar-refractivity contribution in [1.29, 1.82) is 0 Å². The summed E-state index contributed by atoms with van der Waals surface area (Å²) in [6.07, 6.45) is -4.47. The molecule has 0 spiro atoms. The van der Waals surface area contributed by atoms with E-state index in [1.165, 1.54) is 6.08 Å². The van der Waals surface area contributed by atoms with Gasteiger partial charge in [-0.2, -0.15) is 0 Å². The van der Waals surface area contributed by atoms with E-state index < -0.39 is 49.0 Å². The zero-order valence-electron chi connectivity index (χ0n) is 14.6. The Balaban J connectivity index is 1.75.